The third kappa shape index (κ3) is 3.46. The number of aromatic nitrogens is 2. The van der Waals surface area contributed by atoms with E-state index in [-0.39, 0.29) is 0 Å². The van der Waals surface area contributed by atoms with Crippen LogP contribution in [-0.4, -0.2) is 14.7 Å². The van der Waals surface area contributed by atoms with Gasteiger partial charge < -0.3 is 5.11 Å². The summed E-state index contributed by atoms with van der Waals surface area (Å²) >= 11 is 7.24. The molecule has 0 fully saturated rings. The molecule has 0 saturated heterocycles. The Bertz CT molecular complexity index is 1770. The van der Waals surface area contributed by atoms with E-state index in [1.165, 1.54) is 0 Å². The number of hydrogen-bond donors (Lipinski definition) is 1. The van der Waals surface area contributed by atoms with Crippen LogP contribution in [0.25, 0.3) is 39.2 Å². The number of imidazole rings is 1. The van der Waals surface area contributed by atoms with E-state index in [4.69, 9.17) is 4.98 Å². The minimum Gasteiger partial charge on any atom is -0.376 e. The molecule has 7 rings (SSSR count). The van der Waals surface area contributed by atoms with Gasteiger partial charge in [-0.25, -0.2) is 4.98 Å². The summed E-state index contributed by atoms with van der Waals surface area (Å²) in [5, 5.41) is 12.5. The summed E-state index contributed by atoms with van der Waals surface area (Å²) in [4.78, 5) is 5.03. The quantitative estimate of drug-likeness (QED) is 0.219. The second-order valence-corrected chi connectivity index (χ2v) is 11.1. The van der Waals surface area contributed by atoms with Crippen LogP contribution in [0.15, 0.2) is 124 Å². The molecule has 0 radical (unpaired) electrons. The summed E-state index contributed by atoms with van der Waals surface area (Å²) in [6.07, 6.45) is 0. The smallest absolute Gasteiger partial charge is 0.145 e. The van der Waals surface area contributed by atoms with Crippen molar-refractivity contribution in [2.24, 2.45) is 0 Å². The van der Waals surface area contributed by atoms with Crippen LogP contribution in [0.4, 0.5) is 0 Å². The number of aliphatic hydroxyl groups is 1. The van der Waals surface area contributed by atoms with Gasteiger partial charge in [-0.15, -0.1) is 0 Å². The molecule has 178 valence electrons. The van der Waals surface area contributed by atoms with Crippen molar-refractivity contribution in [3.05, 3.63) is 141 Å². The molecular weight excluding hydrogens is 588 g/mol. The number of halogens is 2. The zero-order valence-corrected chi connectivity index (χ0v) is 22.7. The van der Waals surface area contributed by atoms with Gasteiger partial charge in [0.1, 0.15) is 11.4 Å². The molecular formula is C32H20Br2N2O. The van der Waals surface area contributed by atoms with Crippen molar-refractivity contribution in [1.29, 1.82) is 0 Å². The van der Waals surface area contributed by atoms with Crippen molar-refractivity contribution in [3.8, 4) is 28.2 Å². The van der Waals surface area contributed by atoms with Crippen molar-refractivity contribution >= 4 is 42.9 Å². The van der Waals surface area contributed by atoms with Gasteiger partial charge in [-0.2, -0.15) is 0 Å². The largest absolute Gasteiger partial charge is 0.376 e. The zero-order valence-electron chi connectivity index (χ0n) is 19.6. The molecule has 1 N–H and O–H groups in total. The van der Waals surface area contributed by atoms with Crippen LogP contribution < -0.4 is 0 Å². The Kier molecular flexibility index (Phi) is 5.22. The maximum absolute atomic E-state index is 12.5. The SMILES string of the molecule is OC1(c2cccc(-c3nc4ccccc4n3-c3ccccc3)c2)c2cc(Br)ccc2-c2ccc(Br)cc21. The predicted molar refractivity (Wildman–Crippen MR) is 156 cm³/mol. The minimum atomic E-state index is -1.31. The fraction of sp³-hybridized carbons (Fsp3) is 0.0312. The normalized spacial score (nSPS) is 13.5. The Morgan fingerprint density at radius 3 is 2.00 bits per heavy atom. The van der Waals surface area contributed by atoms with Crippen molar-refractivity contribution in [2.45, 2.75) is 5.60 Å². The minimum absolute atomic E-state index is 0.799. The van der Waals surface area contributed by atoms with E-state index >= 15 is 0 Å². The summed E-state index contributed by atoms with van der Waals surface area (Å²) < 4.78 is 4.04. The van der Waals surface area contributed by atoms with Crippen LogP contribution in [0.2, 0.25) is 0 Å². The number of hydrogen-bond acceptors (Lipinski definition) is 2. The van der Waals surface area contributed by atoms with E-state index in [0.29, 0.717) is 0 Å². The maximum atomic E-state index is 12.5. The molecule has 0 saturated carbocycles. The Morgan fingerprint density at radius 2 is 1.30 bits per heavy atom. The van der Waals surface area contributed by atoms with Crippen LogP contribution in [0.5, 0.6) is 0 Å². The van der Waals surface area contributed by atoms with E-state index in [1.807, 2.05) is 72.8 Å². The second kappa shape index (κ2) is 8.52. The van der Waals surface area contributed by atoms with Gasteiger partial charge in [0, 0.05) is 31.3 Å². The molecule has 3 nitrogen and oxygen atoms in total. The van der Waals surface area contributed by atoms with Crippen molar-refractivity contribution in [2.75, 3.05) is 0 Å². The topological polar surface area (TPSA) is 38.1 Å². The van der Waals surface area contributed by atoms with Crippen LogP contribution in [-0.2, 0) is 5.60 Å². The Labute approximate surface area is 231 Å². The third-order valence-corrected chi connectivity index (χ3v) is 8.13. The zero-order chi connectivity index (χ0) is 25.1. The Morgan fingerprint density at radius 1 is 0.649 bits per heavy atom. The highest BCUT2D eigenvalue weighted by Crippen LogP contribution is 2.52. The van der Waals surface area contributed by atoms with Crippen LogP contribution in [0, 0.1) is 0 Å². The fourth-order valence-electron chi connectivity index (χ4n) is 5.50. The molecule has 0 spiro atoms. The molecule has 37 heavy (non-hydrogen) atoms. The lowest BCUT2D eigenvalue weighted by atomic mass is 9.83. The standard InChI is InChI=1S/C32H20Br2N2O/c33-22-13-15-25-26-16-14-23(34)19-28(26)32(37,27(25)18-22)21-8-6-7-20(17-21)31-35-29-11-4-5-12-30(29)36(31)24-9-2-1-3-10-24/h1-19,37H. The molecule has 5 aromatic carbocycles. The molecule has 1 aliphatic carbocycles. The van der Waals surface area contributed by atoms with E-state index in [1.54, 1.807) is 0 Å². The number of rotatable bonds is 3. The summed E-state index contributed by atoms with van der Waals surface area (Å²) in [5.74, 6) is 0.833. The predicted octanol–water partition coefficient (Wildman–Crippen LogP) is 8.48. The molecule has 1 aromatic heterocycles. The molecule has 1 heterocycles. The van der Waals surface area contributed by atoms with Gasteiger partial charge in [0.05, 0.1) is 11.0 Å². The molecule has 0 aliphatic heterocycles. The highest BCUT2D eigenvalue weighted by Gasteiger charge is 2.43. The van der Waals surface area contributed by atoms with Crippen molar-refractivity contribution in [3.63, 3.8) is 0 Å². The van der Waals surface area contributed by atoms with E-state index in [9.17, 15) is 5.11 Å². The third-order valence-electron chi connectivity index (χ3n) is 7.15. The summed E-state index contributed by atoms with van der Waals surface area (Å²) in [5.41, 5.74) is 7.24. The van der Waals surface area contributed by atoms with Gasteiger partial charge in [-0.1, -0.05) is 92.5 Å². The molecule has 6 aromatic rings. The monoisotopic (exact) mass is 606 g/mol. The van der Waals surface area contributed by atoms with Crippen LogP contribution in [0.3, 0.4) is 0 Å². The summed E-state index contributed by atoms with van der Waals surface area (Å²) in [6, 6.07) is 38.8. The van der Waals surface area contributed by atoms with Gasteiger partial charge in [0.15, 0.2) is 0 Å². The molecule has 0 unspecified atom stereocenters. The van der Waals surface area contributed by atoms with Gasteiger partial charge in [-0.05, 0) is 71.3 Å². The van der Waals surface area contributed by atoms with E-state index < -0.39 is 5.60 Å². The molecule has 1 aliphatic rings. The van der Waals surface area contributed by atoms with Gasteiger partial charge in [0.25, 0.3) is 0 Å². The Balaban J connectivity index is 1.48. The average Bonchev–Trinajstić information content (AvgIpc) is 3.43. The number of benzene rings is 5. The lowest BCUT2D eigenvalue weighted by molar-refractivity contribution is 0.130. The lowest BCUT2D eigenvalue weighted by Crippen LogP contribution is -2.26. The van der Waals surface area contributed by atoms with Crippen molar-refractivity contribution < 1.29 is 5.11 Å². The van der Waals surface area contributed by atoms with E-state index in [0.717, 1.165) is 64.9 Å². The molecule has 0 amide bonds. The molecule has 0 atom stereocenters. The molecule has 5 heteroatoms. The Hall–Kier alpha value is -3.51. The average molecular weight is 608 g/mol. The van der Waals surface area contributed by atoms with Crippen LogP contribution >= 0.6 is 31.9 Å². The summed E-state index contributed by atoms with van der Waals surface area (Å²) in [7, 11) is 0. The number of nitrogens with zero attached hydrogens (tertiary/aromatic N) is 2. The number of para-hydroxylation sites is 3. The first-order valence-electron chi connectivity index (χ1n) is 12.0. The van der Waals surface area contributed by atoms with Crippen molar-refractivity contribution in [1.82, 2.24) is 9.55 Å². The van der Waals surface area contributed by atoms with Crippen LogP contribution in [0.1, 0.15) is 16.7 Å². The first-order chi connectivity index (χ1) is 18.0. The first-order valence-corrected chi connectivity index (χ1v) is 13.6. The fourth-order valence-corrected chi connectivity index (χ4v) is 6.22. The highest BCUT2D eigenvalue weighted by molar-refractivity contribution is 9.10. The van der Waals surface area contributed by atoms with E-state index in [2.05, 4.69) is 78.9 Å². The highest BCUT2D eigenvalue weighted by atomic mass is 79.9. The first kappa shape index (κ1) is 22.7. The van der Waals surface area contributed by atoms with Gasteiger partial charge >= 0.3 is 0 Å². The maximum Gasteiger partial charge on any atom is 0.145 e. The second-order valence-electron chi connectivity index (χ2n) is 9.27. The van der Waals surface area contributed by atoms with Gasteiger partial charge in [-0.3, -0.25) is 4.57 Å². The number of fused-ring (bicyclic) bond motifs is 4. The van der Waals surface area contributed by atoms with Gasteiger partial charge in [0.2, 0.25) is 0 Å². The molecule has 0 bridgehead atoms. The summed E-state index contributed by atoms with van der Waals surface area (Å²) in [6.45, 7) is 0. The lowest BCUT2D eigenvalue weighted by Gasteiger charge is -2.27.